The van der Waals surface area contributed by atoms with E-state index in [4.69, 9.17) is 33.2 Å². The molecular formula is C27H46N2O8S2. The molecule has 4 N–H and O–H groups in total. The van der Waals surface area contributed by atoms with Crippen LogP contribution in [0, 0.1) is 0 Å². The highest BCUT2D eigenvalue weighted by molar-refractivity contribution is 7.93. The summed E-state index contributed by atoms with van der Waals surface area (Å²) in [7, 11) is -3.59. The zero-order valence-electron chi connectivity index (χ0n) is 25.1. The van der Waals surface area contributed by atoms with Gasteiger partial charge in [-0.2, -0.15) is 0 Å². The third kappa shape index (κ3) is 14.7. The molecule has 0 unspecified atom stereocenters. The average molecular weight is 593 g/mol. The maximum Gasteiger partial charge on any atom is 0.170 e. The highest BCUT2D eigenvalue weighted by atomic mass is 32.2. The van der Waals surface area contributed by atoms with Gasteiger partial charge in [-0.15, -0.1) is 0 Å². The van der Waals surface area contributed by atoms with Crippen molar-refractivity contribution in [3.63, 3.8) is 0 Å². The molecule has 0 saturated carbocycles. The maximum atomic E-state index is 11.3. The zero-order valence-corrected chi connectivity index (χ0v) is 24.7. The first-order valence-electron chi connectivity index (χ1n) is 12.7. The molecule has 0 fully saturated rings. The van der Waals surface area contributed by atoms with E-state index >= 15 is 0 Å². The van der Waals surface area contributed by atoms with Crippen molar-refractivity contribution in [1.82, 2.24) is 0 Å². The van der Waals surface area contributed by atoms with Crippen molar-refractivity contribution >= 4 is 25.4 Å². The Morgan fingerprint density at radius 2 is 1.41 bits per heavy atom. The highest BCUT2D eigenvalue weighted by Gasteiger charge is 2.15. The van der Waals surface area contributed by atoms with Crippen LogP contribution in [0.4, 0.5) is 0 Å². The van der Waals surface area contributed by atoms with E-state index in [1.807, 2.05) is 13.8 Å². The van der Waals surface area contributed by atoms with E-state index in [1.165, 1.54) is 14.2 Å². The first-order chi connectivity index (χ1) is 18.5. The van der Waals surface area contributed by atoms with Gasteiger partial charge in [-0.1, -0.05) is 27.3 Å². The highest BCUT2D eigenvalue weighted by Crippen LogP contribution is 2.31. The Morgan fingerprint density at radius 3 is 1.82 bits per heavy atom. The fraction of sp³-hybridized carbons (Fsp3) is 0.481. The second-order valence-electron chi connectivity index (χ2n) is 7.60. The Balaban J connectivity index is 0. The van der Waals surface area contributed by atoms with Crippen LogP contribution >= 0.6 is 0 Å². The lowest BCUT2D eigenvalue weighted by atomic mass is 10.1. The summed E-state index contributed by atoms with van der Waals surface area (Å²) in [6.45, 7) is 6.87. The van der Waals surface area contributed by atoms with Crippen molar-refractivity contribution < 1.29 is 38.5 Å². The van der Waals surface area contributed by atoms with Gasteiger partial charge >= 0.3 is 0 Å². The van der Waals surface area contributed by atoms with Crippen LogP contribution in [-0.4, -0.2) is 62.5 Å². The minimum absolute atomic E-state index is 0. The summed E-state index contributed by atoms with van der Waals surface area (Å²) in [5.74, 6) is 1.60. The SMILES string of the molecule is C.CCOc1cc(C(N)=CS(C)(=O)=O)ccc1OC.[2H]CC.[2H][C@@](N)(CS(C)(=O)=O)c1ccc(OC)c(OCC)c1. The molecule has 0 heterocycles. The summed E-state index contributed by atoms with van der Waals surface area (Å²) < 4.78 is 80.1. The molecule has 0 radical (unpaired) electrons. The van der Waals surface area contributed by atoms with E-state index in [0.29, 0.717) is 54.2 Å². The molecule has 0 aliphatic heterocycles. The van der Waals surface area contributed by atoms with E-state index in [0.717, 1.165) is 17.9 Å². The van der Waals surface area contributed by atoms with E-state index in [-0.39, 0.29) is 13.1 Å². The number of sulfone groups is 2. The number of ether oxygens (including phenoxy) is 4. The van der Waals surface area contributed by atoms with Gasteiger partial charge < -0.3 is 30.4 Å². The van der Waals surface area contributed by atoms with Crippen LogP contribution < -0.4 is 30.4 Å². The van der Waals surface area contributed by atoms with E-state index in [2.05, 4.69) is 0 Å². The Kier molecular flexibility index (Phi) is 16.0. The number of hydrogen-bond donors (Lipinski definition) is 2. The van der Waals surface area contributed by atoms with Crippen LogP contribution in [0.1, 0.15) is 55.0 Å². The second kappa shape index (κ2) is 18.3. The van der Waals surface area contributed by atoms with E-state index in [1.54, 1.807) is 43.3 Å². The number of hydrogen-bond acceptors (Lipinski definition) is 10. The van der Waals surface area contributed by atoms with Gasteiger partial charge in [0.25, 0.3) is 0 Å². The smallest absolute Gasteiger partial charge is 0.170 e. The van der Waals surface area contributed by atoms with Gasteiger partial charge in [0.05, 0.1) is 45.7 Å². The fourth-order valence-corrected chi connectivity index (χ4v) is 4.26. The van der Waals surface area contributed by atoms with Crippen LogP contribution in [0.15, 0.2) is 41.8 Å². The number of benzene rings is 2. The van der Waals surface area contributed by atoms with Crippen molar-refractivity contribution in [2.45, 2.75) is 41.1 Å². The summed E-state index contributed by atoms with van der Waals surface area (Å²) in [6, 6.07) is 8.02. The fourth-order valence-electron chi connectivity index (χ4n) is 2.93. The second-order valence-corrected chi connectivity index (χ2v) is 11.6. The summed E-state index contributed by atoms with van der Waals surface area (Å²) in [5, 5.41) is 1.02. The topological polar surface area (TPSA) is 157 Å². The molecule has 0 aromatic heterocycles. The Hall–Kier alpha value is -2.96. The first kappa shape index (κ1) is 34.1. The molecule has 0 aliphatic rings. The molecular weight excluding hydrogens is 544 g/mol. The summed E-state index contributed by atoms with van der Waals surface area (Å²) in [6.07, 6.45) is 2.14. The monoisotopic (exact) mass is 592 g/mol. The Morgan fingerprint density at radius 1 is 0.949 bits per heavy atom. The third-order valence-electron chi connectivity index (χ3n) is 4.39. The van der Waals surface area contributed by atoms with Crippen LogP contribution in [0.5, 0.6) is 23.0 Å². The molecule has 2 rings (SSSR count). The number of methoxy groups -OCH3 is 2. The first-order valence-corrected chi connectivity index (χ1v) is 15.5. The maximum absolute atomic E-state index is 11.3. The predicted octanol–water partition coefficient (Wildman–Crippen LogP) is 4.20. The lowest BCUT2D eigenvalue weighted by molar-refractivity contribution is 0.310. The van der Waals surface area contributed by atoms with Gasteiger partial charge in [-0.3, -0.25) is 0 Å². The molecule has 0 saturated heterocycles. The van der Waals surface area contributed by atoms with Crippen molar-refractivity contribution in [3.05, 3.63) is 52.9 Å². The lowest BCUT2D eigenvalue weighted by Crippen LogP contribution is -2.20. The zero-order chi connectivity index (χ0) is 31.1. The number of nitrogens with two attached hydrogens (primary N) is 2. The average Bonchev–Trinajstić information content (AvgIpc) is 2.83. The minimum atomic E-state index is -3.36. The molecule has 12 heteroatoms. The molecule has 2 aromatic rings. The standard InChI is InChI=1S/C12H19NO4S.C12H17NO4S.C2H6.CH4/c2*1-4-17-12-7-9(5-6-11(12)16-2)10(13)8-18(3,14)15;1-2;/h5-7,10H,4,8,13H2,1-3H3;5-8H,4,13H2,1-3H3;1-2H3;1H4/t10-;;;/m1.../s1/i10D;;1D;. The van der Waals surface area contributed by atoms with Crippen LogP contribution in [-0.2, 0) is 19.7 Å². The van der Waals surface area contributed by atoms with Gasteiger partial charge in [0.1, 0.15) is 9.84 Å². The normalized spacial score (nSPS) is 13.4. The Labute approximate surface area is 237 Å². The molecule has 0 amide bonds. The van der Waals surface area contributed by atoms with Crippen molar-refractivity contribution in [1.29, 1.82) is 0 Å². The van der Waals surface area contributed by atoms with Crippen molar-refractivity contribution in [3.8, 4) is 23.0 Å². The van der Waals surface area contributed by atoms with Crippen molar-refractivity contribution in [2.24, 2.45) is 11.5 Å². The molecule has 0 aliphatic carbocycles. The Bertz CT molecular complexity index is 1320. The predicted molar refractivity (Wildman–Crippen MR) is 160 cm³/mol. The van der Waals surface area contributed by atoms with Crippen molar-refractivity contribution in [2.75, 3.05) is 45.7 Å². The quantitative estimate of drug-likeness (QED) is 0.387. The molecule has 39 heavy (non-hydrogen) atoms. The molecule has 1 atom stereocenters. The lowest BCUT2D eigenvalue weighted by Gasteiger charge is -2.15. The molecule has 0 bridgehead atoms. The van der Waals surface area contributed by atoms with Gasteiger partial charge in [0.2, 0.25) is 0 Å². The van der Waals surface area contributed by atoms with E-state index < -0.39 is 31.4 Å². The molecule has 224 valence electrons. The van der Waals surface area contributed by atoms with E-state index in [9.17, 15) is 16.8 Å². The largest absolute Gasteiger partial charge is 0.493 e. The summed E-state index contributed by atoms with van der Waals surface area (Å²) >= 11 is 0. The van der Waals surface area contributed by atoms with Crippen LogP contribution in [0.25, 0.3) is 5.70 Å². The van der Waals surface area contributed by atoms with Crippen LogP contribution in [0.3, 0.4) is 0 Å². The molecule has 10 nitrogen and oxygen atoms in total. The molecule has 0 spiro atoms. The number of rotatable bonds is 11. The van der Waals surface area contributed by atoms with Gasteiger partial charge in [0, 0.05) is 25.5 Å². The minimum Gasteiger partial charge on any atom is -0.493 e. The van der Waals surface area contributed by atoms with Gasteiger partial charge in [-0.05, 0) is 49.7 Å². The third-order valence-corrected chi connectivity index (χ3v) is 5.91. The summed E-state index contributed by atoms with van der Waals surface area (Å²) in [4.78, 5) is 0. The summed E-state index contributed by atoms with van der Waals surface area (Å²) in [5.41, 5.74) is 12.6. The van der Waals surface area contributed by atoms with Crippen LogP contribution in [0.2, 0.25) is 0 Å². The molecule has 2 aromatic carbocycles. The van der Waals surface area contributed by atoms with Gasteiger partial charge in [-0.25, -0.2) is 16.8 Å². The van der Waals surface area contributed by atoms with Gasteiger partial charge in [0.15, 0.2) is 32.8 Å².